The number of carbonyl (C=O) groups excluding carboxylic acids is 3. The van der Waals surface area contributed by atoms with Gasteiger partial charge in [0.1, 0.15) is 17.2 Å². The van der Waals surface area contributed by atoms with Crippen molar-refractivity contribution in [2.75, 3.05) is 4.90 Å². The molecule has 0 aromatic heterocycles. The summed E-state index contributed by atoms with van der Waals surface area (Å²) in [6.07, 6.45) is 0. The zero-order valence-electron chi connectivity index (χ0n) is 37.1. The van der Waals surface area contributed by atoms with Gasteiger partial charge in [-0.1, -0.05) is 54.6 Å². The molecule has 0 aliphatic heterocycles. The molecule has 0 radical (unpaired) electrons. The summed E-state index contributed by atoms with van der Waals surface area (Å²) >= 11 is 0. The zero-order chi connectivity index (χ0) is 47.9. The second-order valence-electron chi connectivity index (χ2n) is 15.2. The Kier molecular flexibility index (Phi) is 14.2. The smallest absolute Gasteiger partial charge is 0.343 e. The Morgan fingerprint density at radius 1 is 0.257 bits per heavy atom. The highest BCUT2D eigenvalue weighted by Gasteiger charge is 2.18. The number of rotatable bonds is 15. The summed E-state index contributed by atoms with van der Waals surface area (Å²) in [7, 11) is 0. The molecule has 0 spiro atoms. The van der Waals surface area contributed by atoms with Crippen molar-refractivity contribution >= 4 is 69.1 Å². The van der Waals surface area contributed by atoms with E-state index in [1.807, 2.05) is 95.9 Å². The first-order valence-electron chi connectivity index (χ1n) is 21.9. The number of benzene rings is 9. The molecule has 0 aliphatic carbocycles. The van der Waals surface area contributed by atoms with Crippen LogP contribution in [0.3, 0.4) is 0 Å². The van der Waals surface area contributed by atoms with Crippen molar-refractivity contribution in [1.82, 2.24) is 0 Å². The first kappa shape index (κ1) is 45.2. The van der Waals surface area contributed by atoms with E-state index >= 15 is 0 Å². The number of hydrogen-bond donors (Lipinski definition) is 0. The van der Waals surface area contributed by atoms with Gasteiger partial charge in [0.2, 0.25) is 0 Å². The van der Waals surface area contributed by atoms with E-state index in [9.17, 15) is 14.4 Å². The van der Waals surface area contributed by atoms with Crippen LogP contribution in [0.2, 0.25) is 0 Å². The molecule has 0 fully saturated rings. The molecule has 0 N–H and O–H groups in total. The molecule has 0 saturated heterocycles. The van der Waals surface area contributed by atoms with E-state index in [2.05, 4.69) is 30.7 Å². The minimum Gasteiger partial charge on any atom is -0.423 e. The zero-order valence-corrected chi connectivity index (χ0v) is 37.1. The first-order valence-corrected chi connectivity index (χ1v) is 21.9. The van der Waals surface area contributed by atoms with Crippen LogP contribution >= 0.6 is 0 Å². The van der Waals surface area contributed by atoms with Crippen molar-refractivity contribution in [1.29, 1.82) is 0 Å². The van der Waals surface area contributed by atoms with Crippen LogP contribution in [0.15, 0.2) is 267 Å². The number of azo groups is 3. The van der Waals surface area contributed by atoms with Crippen LogP contribution < -0.4 is 19.1 Å². The summed E-state index contributed by atoms with van der Waals surface area (Å²) in [5.74, 6) is -0.636. The van der Waals surface area contributed by atoms with Gasteiger partial charge in [-0.3, -0.25) is 0 Å². The predicted molar refractivity (Wildman–Crippen MR) is 267 cm³/mol. The van der Waals surface area contributed by atoms with Gasteiger partial charge in [-0.05, 0) is 182 Å². The van der Waals surface area contributed by atoms with Gasteiger partial charge in [0.25, 0.3) is 0 Å². The molecule has 13 heteroatoms. The molecule has 0 heterocycles. The molecule has 9 aromatic rings. The Labute approximate surface area is 402 Å². The molecular weight excluding hydrogens is 879 g/mol. The lowest BCUT2D eigenvalue weighted by Crippen LogP contribution is -2.13. The largest absolute Gasteiger partial charge is 0.423 e. The minimum absolute atomic E-state index is 0.312. The van der Waals surface area contributed by atoms with Crippen LogP contribution in [-0.2, 0) is 0 Å². The second-order valence-corrected chi connectivity index (χ2v) is 15.2. The van der Waals surface area contributed by atoms with Crippen LogP contribution in [0.4, 0.5) is 51.2 Å². The van der Waals surface area contributed by atoms with Gasteiger partial charge in [-0.2, -0.15) is 30.7 Å². The first-order chi connectivity index (χ1) is 34.4. The molecule has 338 valence electrons. The number of esters is 3. The average molecular weight is 918 g/mol. The predicted octanol–water partition coefficient (Wildman–Crippen LogP) is 16.1. The molecule has 0 unspecified atom stereocenters. The lowest BCUT2D eigenvalue weighted by Gasteiger charge is -2.26. The summed E-state index contributed by atoms with van der Waals surface area (Å²) in [6.45, 7) is 0. The van der Waals surface area contributed by atoms with E-state index in [0.717, 1.165) is 17.1 Å². The maximum Gasteiger partial charge on any atom is 0.343 e. The van der Waals surface area contributed by atoms with Gasteiger partial charge in [0, 0.05) is 17.1 Å². The van der Waals surface area contributed by atoms with Gasteiger partial charge in [0.05, 0.1) is 50.8 Å². The molecule has 9 aromatic carbocycles. The van der Waals surface area contributed by atoms with Crippen molar-refractivity contribution in [3.8, 4) is 17.2 Å². The number of hydrogen-bond acceptors (Lipinski definition) is 13. The number of nitrogens with zero attached hydrogens (tertiary/aromatic N) is 7. The fourth-order valence-electron chi connectivity index (χ4n) is 6.76. The molecular formula is C57H39N7O6. The Hall–Kier alpha value is -10.0. The number of carbonyl (C=O) groups is 3. The summed E-state index contributed by atoms with van der Waals surface area (Å²) in [6, 6.07) is 68.9. The van der Waals surface area contributed by atoms with Crippen LogP contribution in [0.5, 0.6) is 17.2 Å². The van der Waals surface area contributed by atoms with E-state index < -0.39 is 17.9 Å². The highest BCUT2D eigenvalue weighted by Crippen LogP contribution is 2.36. The van der Waals surface area contributed by atoms with Gasteiger partial charge in [-0.15, -0.1) is 0 Å². The maximum atomic E-state index is 13.3. The van der Waals surface area contributed by atoms with Gasteiger partial charge >= 0.3 is 17.9 Å². The fourth-order valence-corrected chi connectivity index (χ4v) is 6.76. The van der Waals surface area contributed by atoms with Crippen molar-refractivity contribution in [3.63, 3.8) is 0 Å². The SMILES string of the molecule is O=C(Oc1ccc(N=Nc2ccccc2)cc1)c1ccc(N(c2ccc(C(=O)Oc3ccc(N=Nc4ccccc4)cc3)cc2)c2ccc(C(=O)Oc3ccc(N=Nc4ccccc4)cc3)cc2)cc1. The fraction of sp³-hybridized carbons (Fsp3) is 0. The maximum absolute atomic E-state index is 13.3. The molecule has 0 saturated carbocycles. The van der Waals surface area contributed by atoms with Gasteiger partial charge in [-0.25, -0.2) is 14.4 Å². The van der Waals surface area contributed by atoms with E-state index in [4.69, 9.17) is 14.2 Å². The molecule has 9 rings (SSSR count). The Bertz CT molecular complexity index is 2920. The third-order valence-corrected chi connectivity index (χ3v) is 10.3. The van der Waals surface area contributed by atoms with Crippen molar-refractivity contribution < 1.29 is 28.6 Å². The summed E-state index contributed by atoms with van der Waals surface area (Å²) < 4.78 is 17.0. The van der Waals surface area contributed by atoms with E-state index in [-0.39, 0.29) is 0 Å². The monoisotopic (exact) mass is 917 g/mol. The average Bonchev–Trinajstić information content (AvgIpc) is 3.42. The Morgan fingerprint density at radius 3 is 0.700 bits per heavy atom. The molecule has 0 atom stereocenters. The topological polar surface area (TPSA) is 156 Å². The van der Waals surface area contributed by atoms with Gasteiger partial charge in [0.15, 0.2) is 0 Å². The molecule has 70 heavy (non-hydrogen) atoms. The van der Waals surface area contributed by atoms with Crippen LogP contribution in [-0.4, -0.2) is 17.9 Å². The van der Waals surface area contributed by atoms with Crippen LogP contribution in [0.1, 0.15) is 31.1 Å². The van der Waals surface area contributed by atoms with Gasteiger partial charge < -0.3 is 19.1 Å². The molecule has 0 amide bonds. The Balaban J connectivity index is 0.902. The van der Waals surface area contributed by atoms with E-state index in [1.54, 1.807) is 146 Å². The highest BCUT2D eigenvalue weighted by molar-refractivity contribution is 5.94. The third-order valence-electron chi connectivity index (χ3n) is 10.3. The highest BCUT2D eigenvalue weighted by atomic mass is 16.5. The molecule has 13 nitrogen and oxygen atoms in total. The normalized spacial score (nSPS) is 11.1. The van der Waals surface area contributed by atoms with Crippen LogP contribution in [0.25, 0.3) is 0 Å². The molecule has 0 aliphatic rings. The van der Waals surface area contributed by atoms with Crippen molar-refractivity contribution in [2.24, 2.45) is 30.7 Å². The van der Waals surface area contributed by atoms with Crippen molar-refractivity contribution in [3.05, 3.63) is 253 Å². The van der Waals surface area contributed by atoms with E-state index in [1.165, 1.54) is 0 Å². The van der Waals surface area contributed by atoms with Crippen LogP contribution in [0, 0.1) is 0 Å². The summed E-state index contributed by atoms with van der Waals surface area (Å²) in [4.78, 5) is 41.8. The number of anilines is 3. The third kappa shape index (κ3) is 12.1. The quantitative estimate of drug-likeness (QED) is 0.0563. The summed E-state index contributed by atoms with van der Waals surface area (Å²) in [5, 5.41) is 25.4. The second kappa shape index (κ2) is 22.0. The van der Waals surface area contributed by atoms with Crippen molar-refractivity contribution in [2.45, 2.75) is 0 Å². The Morgan fingerprint density at radius 2 is 0.471 bits per heavy atom. The number of ether oxygens (including phenoxy) is 3. The summed E-state index contributed by atoms with van der Waals surface area (Å²) in [5.41, 5.74) is 6.92. The lowest BCUT2D eigenvalue weighted by molar-refractivity contribution is 0.0725. The molecule has 0 bridgehead atoms. The van der Waals surface area contributed by atoms with E-state index in [0.29, 0.717) is 68.1 Å². The minimum atomic E-state index is -0.556. The lowest BCUT2D eigenvalue weighted by atomic mass is 10.1. The standard InChI is InChI=1S/C57H39N7O6/c65-55(68-52-34-22-46(23-35-52)61-58-43-10-4-1-5-11-43)40-16-28-49(29-17-40)64(50-30-18-41(19-31-50)56(66)69-53-36-24-47(25-37-53)62-59-44-12-6-2-7-13-44)51-32-20-42(21-33-51)57(67)70-54-38-26-48(27-39-54)63-60-45-14-8-3-9-15-45/h1-39H.